The minimum Gasteiger partial charge on any atom is -0.444 e. The van der Waals surface area contributed by atoms with Crippen molar-refractivity contribution in [1.82, 2.24) is 18.8 Å². The first-order valence-electron chi connectivity index (χ1n) is 10.1. The van der Waals surface area contributed by atoms with Crippen molar-refractivity contribution in [2.45, 2.75) is 56.6 Å². The van der Waals surface area contributed by atoms with Crippen LogP contribution in [0.1, 0.15) is 40.0 Å². The standard InChI is InChI=1S/C20H30N4O5S/c1-20(2,3)29-18(25)21-13-14-8-6-7-11-24(14)30(27,28)15-9-10-16-17(12-15)23(5)19(26)22(16)4/h9-10,12,14H,6-8,11,13H2,1-5H3,(H,21,25)/t14-/m0/s1. The number of aromatic nitrogens is 2. The zero-order chi connectivity index (χ0) is 22.3. The molecule has 10 heteroatoms. The van der Waals surface area contributed by atoms with Gasteiger partial charge in [-0.25, -0.2) is 18.0 Å². The zero-order valence-corrected chi connectivity index (χ0v) is 19.0. The highest BCUT2D eigenvalue weighted by molar-refractivity contribution is 7.89. The molecule has 3 rings (SSSR count). The lowest BCUT2D eigenvalue weighted by atomic mass is 10.1. The van der Waals surface area contributed by atoms with Gasteiger partial charge in [-0.15, -0.1) is 0 Å². The number of aryl methyl sites for hydroxylation is 2. The van der Waals surface area contributed by atoms with E-state index >= 15 is 0 Å². The van der Waals surface area contributed by atoms with Crippen molar-refractivity contribution in [3.63, 3.8) is 0 Å². The summed E-state index contributed by atoms with van der Waals surface area (Å²) < 4.78 is 36.4. The van der Waals surface area contributed by atoms with Crippen LogP contribution in [0.5, 0.6) is 0 Å². The van der Waals surface area contributed by atoms with Gasteiger partial charge in [0.15, 0.2) is 0 Å². The Balaban J connectivity index is 1.86. The number of alkyl carbamates (subject to hydrolysis) is 1. The summed E-state index contributed by atoms with van der Waals surface area (Å²) in [5.41, 5.74) is 0.396. The molecule has 1 amide bonds. The van der Waals surface area contributed by atoms with Gasteiger partial charge >= 0.3 is 11.8 Å². The summed E-state index contributed by atoms with van der Waals surface area (Å²) in [5.74, 6) is 0. The van der Waals surface area contributed by atoms with E-state index in [0.29, 0.717) is 24.0 Å². The highest BCUT2D eigenvalue weighted by Gasteiger charge is 2.34. The Morgan fingerprint density at radius 2 is 1.83 bits per heavy atom. The second-order valence-corrected chi connectivity index (χ2v) is 10.6. The van der Waals surface area contributed by atoms with Gasteiger partial charge in [0.2, 0.25) is 10.0 Å². The average Bonchev–Trinajstić information content (AvgIpc) is 2.89. The fraction of sp³-hybridized carbons (Fsp3) is 0.600. The number of nitrogens with one attached hydrogen (secondary N) is 1. The molecule has 1 fully saturated rings. The van der Waals surface area contributed by atoms with E-state index < -0.39 is 21.7 Å². The number of carbonyl (C=O) groups excluding carboxylic acids is 1. The Morgan fingerprint density at radius 3 is 2.50 bits per heavy atom. The molecule has 0 unspecified atom stereocenters. The Labute approximate surface area is 176 Å². The van der Waals surface area contributed by atoms with Crippen molar-refractivity contribution < 1.29 is 17.9 Å². The maximum absolute atomic E-state index is 13.4. The number of fused-ring (bicyclic) bond motifs is 1. The molecule has 1 aliphatic heterocycles. The van der Waals surface area contributed by atoms with Gasteiger partial charge in [-0.3, -0.25) is 9.13 Å². The summed E-state index contributed by atoms with van der Waals surface area (Å²) in [6.45, 7) is 5.89. The fourth-order valence-electron chi connectivity index (χ4n) is 3.79. The van der Waals surface area contributed by atoms with Crippen molar-refractivity contribution in [2.24, 2.45) is 14.1 Å². The number of amides is 1. The lowest BCUT2D eigenvalue weighted by molar-refractivity contribution is 0.0512. The van der Waals surface area contributed by atoms with Crippen LogP contribution in [-0.2, 0) is 28.9 Å². The summed E-state index contributed by atoms with van der Waals surface area (Å²) >= 11 is 0. The quantitative estimate of drug-likeness (QED) is 0.786. The molecule has 0 saturated carbocycles. The van der Waals surface area contributed by atoms with E-state index in [1.807, 2.05) is 0 Å². The van der Waals surface area contributed by atoms with Crippen LogP contribution >= 0.6 is 0 Å². The monoisotopic (exact) mass is 438 g/mol. The molecule has 1 atom stereocenters. The molecule has 1 saturated heterocycles. The molecule has 0 bridgehead atoms. The maximum Gasteiger partial charge on any atom is 0.407 e. The number of nitrogens with zero attached hydrogens (tertiary/aromatic N) is 3. The highest BCUT2D eigenvalue weighted by atomic mass is 32.2. The molecule has 1 N–H and O–H groups in total. The average molecular weight is 439 g/mol. The Hall–Kier alpha value is -2.33. The van der Waals surface area contributed by atoms with Crippen molar-refractivity contribution >= 4 is 27.1 Å². The second kappa shape index (κ2) is 8.07. The number of benzene rings is 1. The molecule has 2 aromatic rings. The normalized spacial score (nSPS) is 18.5. The lowest BCUT2D eigenvalue weighted by Crippen LogP contribution is -2.49. The SMILES string of the molecule is Cn1c(=O)n(C)c2cc(S(=O)(=O)N3CCCC[C@H]3CNC(=O)OC(C)(C)C)ccc21. The topological polar surface area (TPSA) is 103 Å². The van der Waals surface area contributed by atoms with Crippen LogP contribution in [0.2, 0.25) is 0 Å². The Kier molecular flexibility index (Phi) is 6.01. The van der Waals surface area contributed by atoms with E-state index in [4.69, 9.17) is 4.74 Å². The minimum absolute atomic E-state index is 0.139. The van der Waals surface area contributed by atoms with Crippen LogP contribution in [0, 0.1) is 0 Å². The molecule has 9 nitrogen and oxygen atoms in total. The summed E-state index contributed by atoms with van der Waals surface area (Å²) in [7, 11) is -0.514. The molecule has 166 valence electrons. The van der Waals surface area contributed by atoms with E-state index in [2.05, 4.69) is 5.32 Å². The summed E-state index contributed by atoms with van der Waals surface area (Å²) in [4.78, 5) is 24.3. The van der Waals surface area contributed by atoms with Crippen LogP contribution in [0.3, 0.4) is 0 Å². The van der Waals surface area contributed by atoms with Gasteiger partial charge in [-0.1, -0.05) is 6.42 Å². The number of hydrogen-bond acceptors (Lipinski definition) is 5. The number of piperidine rings is 1. The number of sulfonamides is 1. The summed E-state index contributed by atoms with van der Waals surface area (Å²) in [5, 5.41) is 2.70. The van der Waals surface area contributed by atoms with Crippen LogP contribution in [0.15, 0.2) is 27.9 Å². The van der Waals surface area contributed by atoms with E-state index in [-0.39, 0.29) is 23.2 Å². The van der Waals surface area contributed by atoms with Crippen LogP contribution < -0.4 is 11.0 Å². The van der Waals surface area contributed by atoms with E-state index in [1.54, 1.807) is 47.0 Å². The van der Waals surface area contributed by atoms with Crippen LogP contribution in [-0.4, -0.2) is 52.7 Å². The molecule has 1 aromatic carbocycles. The molecule has 30 heavy (non-hydrogen) atoms. The molecule has 1 aromatic heterocycles. The van der Waals surface area contributed by atoms with Gasteiger partial charge in [0.05, 0.1) is 15.9 Å². The predicted octanol–water partition coefficient (Wildman–Crippen LogP) is 1.94. The highest BCUT2D eigenvalue weighted by Crippen LogP contribution is 2.27. The molecule has 0 radical (unpaired) electrons. The molecule has 0 aliphatic carbocycles. The zero-order valence-electron chi connectivity index (χ0n) is 18.1. The van der Waals surface area contributed by atoms with Gasteiger partial charge in [0.1, 0.15) is 5.60 Å². The van der Waals surface area contributed by atoms with Crippen molar-refractivity contribution in [3.8, 4) is 0 Å². The summed E-state index contributed by atoms with van der Waals surface area (Å²) in [6, 6.07) is 4.37. The van der Waals surface area contributed by atoms with Gasteiger partial charge in [-0.2, -0.15) is 4.31 Å². The summed E-state index contributed by atoms with van der Waals surface area (Å²) in [6.07, 6.45) is 1.74. The van der Waals surface area contributed by atoms with Gasteiger partial charge < -0.3 is 10.1 Å². The number of hydrogen-bond donors (Lipinski definition) is 1. The van der Waals surface area contributed by atoms with Crippen molar-refractivity contribution in [1.29, 1.82) is 0 Å². The Bertz CT molecular complexity index is 1110. The van der Waals surface area contributed by atoms with Gasteiger partial charge in [-0.05, 0) is 51.8 Å². The van der Waals surface area contributed by atoms with Crippen LogP contribution in [0.25, 0.3) is 11.0 Å². The number of ether oxygens (including phenoxy) is 1. The largest absolute Gasteiger partial charge is 0.444 e. The van der Waals surface area contributed by atoms with Crippen molar-refractivity contribution in [3.05, 3.63) is 28.7 Å². The number of carbonyl (C=O) groups is 1. The maximum atomic E-state index is 13.4. The van der Waals surface area contributed by atoms with E-state index in [1.165, 1.54) is 19.5 Å². The molecular weight excluding hydrogens is 408 g/mol. The third kappa shape index (κ3) is 4.39. The third-order valence-corrected chi connectivity index (χ3v) is 7.25. The molecule has 1 aliphatic rings. The van der Waals surface area contributed by atoms with E-state index in [9.17, 15) is 18.0 Å². The first-order chi connectivity index (χ1) is 13.9. The fourth-order valence-corrected chi connectivity index (χ4v) is 5.51. The van der Waals surface area contributed by atoms with Crippen molar-refractivity contribution in [2.75, 3.05) is 13.1 Å². The first kappa shape index (κ1) is 22.4. The smallest absolute Gasteiger partial charge is 0.407 e. The predicted molar refractivity (Wildman–Crippen MR) is 114 cm³/mol. The minimum atomic E-state index is -3.79. The molecule has 2 heterocycles. The van der Waals surface area contributed by atoms with Crippen LogP contribution in [0.4, 0.5) is 4.79 Å². The second-order valence-electron chi connectivity index (χ2n) is 8.70. The third-order valence-electron chi connectivity index (χ3n) is 5.30. The number of rotatable bonds is 4. The number of imidazole rings is 1. The van der Waals surface area contributed by atoms with Gasteiger partial charge in [0, 0.05) is 33.2 Å². The van der Waals surface area contributed by atoms with Gasteiger partial charge in [0.25, 0.3) is 0 Å². The first-order valence-corrected chi connectivity index (χ1v) is 11.5. The lowest BCUT2D eigenvalue weighted by Gasteiger charge is -2.35. The molecular formula is C20H30N4O5S. The Morgan fingerprint density at radius 1 is 1.17 bits per heavy atom. The van der Waals surface area contributed by atoms with E-state index in [0.717, 1.165) is 12.8 Å². The molecule has 0 spiro atoms.